The van der Waals surface area contributed by atoms with Crippen molar-refractivity contribution in [1.82, 2.24) is 9.88 Å². The highest BCUT2D eigenvalue weighted by Gasteiger charge is 2.37. The van der Waals surface area contributed by atoms with Crippen LogP contribution < -0.4 is 5.73 Å². The number of hydrogen-bond donors (Lipinski definition) is 2. The quantitative estimate of drug-likeness (QED) is 0.860. The van der Waals surface area contributed by atoms with Crippen LogP contribution in [0.1, 0.15) is 56.2 Å². The third-order valence-electron chi connectivity index (χ3n) is 6.29. The zero-order valence-electron chi connectivity index (χ0n) is 16.0. The average molecular weight is 351 g/mol. The van der Waals surface area contributed by atoms with Gasteiger partial charge in [-0.15, -0.1) is 0 Å². The predicted molar refractivity (Wildman–Crippen MR) is 107 cm³/mol. The SMILES string of the molecule is CCCN1CC(C(N)=O)C=C2c3c([C@H](C)CC)ccc4[nH]cc(c34)CC21. The van der Waals surface area contributed by atoms with E-state index in [1.807, 2.05) is 0 Å². The number of carbonyl (C=O) groups is 1. The fraction of sp³-hybridized carbons (Fsp3) is 0.500. The number of amides is 1. The number of nitrogens with two attached hydrogens (primary N) is 1. The number of aromatic amines is 1. The molecule has 1 amide bonds. The number of carbonyl (C=O) groups excluding carboxylic acids is 1. The Balaban J connectivity index is 1.96. The third kappa shape index (κ3) is 2.59. The molecule has 2 unspecified atom stereocenters. The fourth-order valence-electron chi connectivity index (χ4n) is 4.77. The van der Waals surface area contributed by atoms with Crippen LogP contribution in [0.5, 0.6) is 0 Å². The molecule has 0 radical (unpaired) electrons. The minimum atomic E-state index is -0.214. The van der Waals surface area contributed by atoms with Crippen LogP contribution in [0.2, 0.25) is 0 Å². The fourth-order valence-corrected chi connectivity index (χ4v) is 4.77. The largest absolute Gasteiger partial charge is 0.369 e. The van der Waals surface area contributed by atoms with Crippen LogP contribution in [-0.2, 0) is 11.2 Å². The number of nitrogens with one attached hydrogen (secondary N) is 1. The van der Waals surface area contributed by atoms with Gasteiger partial charge in [-0.1, -0.05) is 32.9 Å². The van der Waals surface area contributed by atoms with E-state index in [1.165, 1.54) is 33.2 Å². The Labute approximate surface area is 155 Å². The normalized spacial score (nSPS) is 23.6. The number of fused-ring (bicyclic) bond motifs is 2. The Morgan fingerprint density at radius 1 is 1.38 bits per heavy atom. The number of primary amides is 1. The maximum absolute atomic E-state index is 12.0. The van der Waals surface area contributed by atoms with Crippen LogP contribution >= 0.6 is 0 Å². The molecule has 2 aromatic rings. The van der Waals surface area contributed by atoms with Gasteiger partial charge in [-0.2, -0.15) is 0 Å². The lowest BCUT2D eigenvalue weighted by molar-refractivity contribution is -0.121. The Hall–Kier alpha value is -2.07. The maximum Gasteiger partial charge on any atom is 0.225 e. The van der Waals surface area contributed by atoms with Crippen molar-refractivity contribution in [2.24, 2.45) is 11.7 Å². The van der Waals surface area contributed by atoms with Crippen LogP contribution in [0.15, 0.2) is 24.4 Å². The topological polar surface area (TPSA) is 62.1 Å². The van der Waals surface area contributed by atoms with Gasteiger partial charge < -0.3 is 10.7 Å². The molecule has 2 aliphatic rings. The maximum atomic E-state index is 12.0. The highest BCUT2D eigenvalue weighted by molar-refractivity contribution is 6.00. The second-order valence-electron chi connectivity index (χ2n) is 7.92. The van der Waals surface area contributed by atoms with Gasteiger partial charge in [0.25, 0.3) is 0 Å². The summed E-state index contributed by atoms with van der Waals surface area (Å²) in [5.74, 6) is 0.0768. The first-order valence-corrected chi connectivity index (χ1v) is 9.93. The summed E-state index contributed by atoms with van der Waals surface area (Å²) in [5.41, 5.74) is 12.4. The van der Waals surface area contributed by atoms with E-state index in [9.17, 15) is 4.79 Å². The predicted octanol–water partition coefficient (Wildman–Crippen LogP) is 3.82. The third-order valence-corrected chi connectivity index (χ3v) is 6.29. The number of aromatic nitrogens is 1. The van der Waals surface area contributed by atoms with E-state index in [0.29, 0.717) is 12.0 Å². The number of hydrogen-bond acceptors (Lipinski definition) is 2. The van der Waals surface area contributed by atoms with Crippen molar-refractivity contribution in [3.05, 3.63) is 41.1 Å². The zero-order valence-corrected chi connectivity index (χ0v) is 16.0. The summed E-state index contributed by atoms with van der Waals surface area (Å²) in [5, 5.41) is 1.35. The first-order valence-electron chi connectivity index (χ1n) is 9.93. The van der Waals surface area contributed by atoms with Crippen molar-refractivity contribution in [3.63, 3.8) is 0 Å². The van der Waals surface area contributed by atoms with Gasteiger partial charge in [0.15, 0.2) is 0 Å². The molecule has 0 spiro atoms. The van der Waals surface area contributed by atoms with E-state index in [0.717, 1.165) is 32.4 Å². The second kappa shape index (κ2) is 6.58. The van der Waals surface area contributed by atoms with Gasteiger partial charge in [0.2, 0.25) is 5.91 Å². The summed E-state index contributed by atoms with van der Waals surface area (Å²) < 4.78 is 0. The van der Waals surface area contributed by atoms with Crippen LogP contribution in [0, 0.1) is 5.92 Å². The van der Waals surface area contributed by atoms with E-state index >= 15 is 0 Å². The minimum absolute atomic E-state index is 0.201. The van der Waals surface area contributed by atoms with Crippen molar-refractivity contribution in [2.45, 2.75) is 52.0 Å². The molecule has 4 rings (SSSR count). The molecular weight excluding hydrogens is 322 g/mol. The zero-order chi connectivity index (χ0) is 18.4. The van der Waals surface area contributed by atoms with Crippen LogP contribution in [0.3, 0.4) is 0 Å². The van der Waals surface area contributed by atoms with Gasteiger partial charge in [0.1, 0.15) is 0 Å². The van der Waals surface area contributed by atoms with Crippen molar-refractivity contribution >= 4 is 22.4 Å². The number of H-pyrrole nitrogens is 1. The summed E-state index contributed by atoms with van der Waals surface area (Å²) in [7, 11) is 0. The Kier molecular flexibility index (Phi) is 4.39. The molecule has 0 saturated carbocycles. The highest BCUT2D eigenvalue weighted by atomic mass is 16.1. The number of rotatable bonds is 5. The molecule has 4 nitrogen and oxygen atoms in total. The standard InChI is InChI=1S/C22H29N3O/c1-4-8-25-12-15(22(23)26)9-17-19(25)10-14-11-24-18-7-6-16(13(3)5-2)21(17)20(14)18/h6-7,9,11,13,15,19,24H,4-5,8,10,12H2,1-3H3,(H2,23,26)/t13-,15?,19?/m1/s1. The second-order valence-corrected chi connectivity index (χ2v) is 7.92. The van der Waals surface area contributed by atoms with Crippen molar-refractivity contribution in [1.29, 1.82) is 0 Å². The number of nitrogens with zero attached hydrogens (tertiary/aromatic N) is 1. The van der Waals surface area contributed by atoms with E-state index in [1.54, 1.807) is 0 Å². The lowest BCUT2D eigenvalue weighted by Crippen LogP contribution is -2.48. The summed E-state index contributed by atoms with van der Waals surface area (Å²) in [6.07, 6.45) is 7.55. The average Bonchev–Trinajstić information content (AvgIpc) is 3.05. The van der Waals surface area contributed by atoms with E-state index < -0.39 is 0 Å². The molecule has 0 bridgehead atoms. The lowest BCUT2D eigenvalue weighted by Gasteiger charge is -2.42. The van der Waals surface area contributed by atoms with Gasteiger partial charge in [-0.25, -0.2) is 0 Å². The van der Waals surface area contributed by atoms with Gasteiger partial charge in [0.05, 0.1) is 5.92 Å². The summed E-state index contributed by atoms with van der Waals surface area (Å²) in [6, 6.07) is 4.83. The van der Waals surface area contributed by atoms with Crippen LogP contribution in [-0.4, -0.2) is 34.9 Å². The Morgan fingerprint density at radius 3 is 2.88 bits per heavy atom. The van der Waals surface area contributed by atoms with E-state index in [2.05, 4.69) is 55.1 Å². The molecule has 138 valence electrons. The van der Waals surface area contributed by atoms with Crippen molar-refractivity contribution in [2.75, 3.05) is 13.1 Å². The molecule has 3 atom stereocenters. The van der Waals surface area contributed by atoms with Crippen LogP contribution in [0.25, 0.3) is 16.5 Å². The van der Waals surface area contributed by atoms with Gasteiger partial charge in [-0.3, -0.25) is 9.69 Å². The molecule has 1 aliphatic heterocycles. The van der Waals surface area contributed by atoms with Crippen LogP contribution in [0.4, 0.5) is 0 Å². The summed E-state index contributed by atoms with van der Waals surface area (Å²) in [6.45, 7) is 8.48. The Bertz CT molecular complexity index is 879. The van der Waals surface area contributed by atoms with Crippen molar-refractivity contribution in [3.8, 4) is 0 Å². The molecule has 1 aromatic heterocycles. The smallest absolute Gasteiger partial charge is 0.225 e. The lowest BCUT2D eigenvalue weighted by atomic mass is 9.75. The van der Waals surface area contributed by atoms with Crippen molar-refractivity contribution < 1.29 is 4.79 Å². The first kappa shape index (κ1) is 17.3. The number of benzene rings is 1. The monoisotopic (exact) mass is 351 g/mol. The molecular formula is C22H29N3O. The minimum Gasteiger partial charge on any atom is -0.369 e. The van der Waals surface area contributed by atoms with Gasteiger partial charge >= 0.3 is 0 Å². The summed E-state index contributed by atoms with van der Waals surface area (Å²) in [4.78, 5) is 18.0. The van der Waals surface area contributed by atoms with E-state index in [-0.39, 0.29) is 11.8 Å². The molecule has 1 aliphatic carbocycles. The molecule has 0 saturated heterocycles. The molecule has 4 heteroatoms. The highest BCUT2D eigenvalue weighted by Crippen LogP contribution is 2.45. The first-order chi connectivity index (χ1) is 12.5. The molecule has 0 fully saturated rings. The molecule has 1 aromatic carbocycles. The van der Waals surface area contributed by atoms with Gasteiger partial charge in [0, 0.05) is 29.7 Å². The molecule has 3 N–H and O–H groups in total. The van der Waals surface area contributed by atoms with E-state index in [4.69, 9.17) is 5.73 Å². The summed E-state index contributed by atoms with van der Waals surface area (Å²) >= 11 is 0. The molecule has 2 heterocycles. The van der Waals surface area contributed by atoms with Gasteiger partial charge in [-0.05, 0) is 60.1 Å². The Morgan fingerprint density at radius 2 is 2.19 bits per heavy atom. The molecule has 26 heavy (non-hydrogen) atoms.